The van der Waals surface area contributed by atoms with E-state index in [-0.39, 0.29) is 0 Å². The third kappa shape index (κ3) is 6.11. The lowest BCUT2D eigenvalue weighted by molar-refractivity contribution is 0.201. The Labute approximate surface area is 151 Å². The molecule has 3 rings (SSSR count). The molecule has 1 aromatic carbocycles. The van der Waals surface area contributed by atoms with Crippen molar-refractivity contribution in [3.8, 4) is 0 Å². The van der Waals surface area contributed by atoms with Crippen LogP contribution in [0.15, 0.2) is 60.4 Å². The number of hydrogen-bond acceptors (Lipinski definition) is 3. The molecule has 0 saturated carbocycles. The number of hydrogen-bond donors (Lipinski definition) is 1. The molecule has 132 valence electrons. The number of nitrogens with one attached hydrogen (secondary N) is 1. The Hall–Kier alpha value is -1.97. The molecule has 0 bridgehead atoms. The topological polar surface area (TPSA) is 28.2 Å². The molecule has 3 nitrogen and oxygen atoms in total. The Balaban J connectivity index is 1.36. The lowest BCUT2D eigenvalue weighted by Gasteiger charge is -2.32. The number of pyridine rings is 1. The second-order valence-electron chi connectivity index (χ2n) is 7.00. The van der Waals surface area contributed by atoms with Gasteiger partial charge in [0.15, 0.2) is 0 Å². The van der Waals surface area contributed by atoms with Gasteiger partial charge in [0.2, 0.25) is 0 Å². The molecule has 0 unspecified atom stereocenters. The van der Waals surface area contributed by atoms with Crippen LogP contribution in [-0.4, -0.2) is 42.1 Å². The monoisotopic (exact) mass is 335 g/mol. The molecule has 1 N–H and O–H groups in total. The van der Waals surface area contributed by atoms with Gasteiger partial charge >= 0.3 is 0 Å². The summed E-state index contributed by atoms with van der Waals surface area (Å²) in [6, 6.07) is 15.5. The molecule has 25 heavy (non-hydrogen) atoms. The molecule has 1 fully saturated rings. The van der Waals surface area contributed by atoms with Crippen LogP contribution in [0.2, 0.25) is 0 Å². The SMILES string of the molecule is CC(=Cc1ccccc1)CNC1CCN(CCc2ccncc2)CC1. The maximum absolute atomic E-state index is 4.08. The third-order valence-electron chi connectivity index (χ3n) is 4.94. The zero-order chi connectivity index (χ0) is 17.3. The highest BCUT2D eigenvalue weighted by molar-refractivity contribution is 5.52. The molecule has 1 aliphatic rings. The van der Waals surface area contributed by atoms with Crippen LogP contribution in [0.3, 0.4) is 0 Å². The van der Waals surface area contributed by atoms with E-state index in [1.807, 2.05) is 12.4 Å². The lowest BCUT2D eigenvalue weighted by Crippen LogP contribution is -2.43. The zero-order valence-corrected chi connectivity index (χ0v) is 15.2. The maximum Gasteiger partial charge on any atom is 0.0270 e. The van der Waals surface area contributed by atoms with E-state index in [0.717, 1.165) is 19.5 Å². The highest BCUT2D eigenvalue weighted by Crippen LogP contribution is 2.12. The van der Waals surface area contributed by atoms with Crippen molar-refractivity contribution in [2.75, 3.05) is 26.2 Å². The molecule has 1 aliphatic heterocycles. The minimum atomic E-state index is 0.649. The van der Waals surface area contributed by atoms with Crippen molar-refractivity contribution in [2.24, 2.45) is 0 Å². The number of likely N-dealkylation sites (tertiary alicyclic amines) is 1. The predicted molar refractivity (Wildman–Crippen MR) is 105 cm³/mol. The van der Waals surface area contributed by atoms with Crippen molar-refractivity contribution in [3.05, 3.63) is 71.6 Å². The van der Waals surface area contributed by atoms with Crippen LogP contribution in [0.5, 0.6) is 0 Å². The largest absolute Gasteiger partial charge is 0.310 e. The van der Waals surface area contributed by atoms with Gasteiger partial charge in [0.25, 0.3) is 0 Å². The summed E-state index contributed by atoms with van der Waals surface area (Å²) in [5.74, 6) is 0. The Morgan fingerprint density at radius 2 is 1.84 bits per heavy atom. The van der Waals surface area contributed by atoms with Gasteiger partial charge in [0.05, 0.1) is 0 Å². The standard InChI is InChI=1S/C22H29N3/c1-19(17-21-5-3-2-4-6-21)18-24-22-10-15-25(16-11-22)14-9-20-7-12-23-13-8-20/h2-8,12-13,17,22,24H,9-11,14-16,18H2,1H3. The molecule has 0 spiro atoms. The van der Waals surface area contributed by atoms with E-state index >= 15 is 0 Å². The van der Waals surface area contributed by atoms with Crippen LogP contribution in [0.4, 0.5) is 0 Å². The van der Waals surface area contributed by atoms with Crippen LogP contribution in [0.25, 0.3) is 6.08 Å². The molecule has 0 aliphatic carbocycles. The number of rotatable bonds is 7. The van der Waals surface area contributed by atoms with E-state index in [1.54, 1.807) is 0 Å². The average molecular weight is 335 g/mol. The van der Waals surface area contributed by atoms with Crippen molar-refractivity contribution >= 4 is 6.08 Å². The molecular formula is C22H29N3. The Morgan fingerprint density at radius 3 is 2.56 bits per heavy atom. The van der Waals surface area contributed by atoms with Crippen molar-refractivity contribution < 1.29 is 0 Å². The molecule has 0 atom stereocenters. The van der Waals surface area contributed by atoms with Crippen LogP contribution in [-0.2, 0) is 6.42 Å². The molecule has 2 aromatic rings. The molecule has 2 heterocycles. The van der Waals surface area contributed by atoms with Crippen LogP contribution < -0.4 is 5.32 Å². The van der Waals surface area contributed by atoms with Gasteiger partial charge in [-0.05, 0) is 62.5 Å². The maximum atomic E-state index is 4.08. The normalized spacial score (nSPS) is 16.9. The van der Waals surface area contributed by atoms with Gasteiger partial charge in [-0.3, -0.25) is 4.98 Å². The summed E-state index contributed by atoms with van der Waals surface area (Å²) < 4.78 is 0. The summed E-state index contributed by atoms with van der Waals surface area (Å²) in [5, 5.41) is 3.73. The highest BCUT2D eigenvalue weighted by Gasteiger charge is 2.18. The van der Waals surface area contributed by atoms with Crippen molar-refractivity contribution in [2.45, 2.75) is 32.2 Å². The van der Waals surface area contributed by atoms with E-state index in [9.17, 15) is 0 Å². The Bertz CT molecular complexity index is 643. The number of piperidine rings is 1. The lowest BCUT2D eigenvalue weighted by atomic mass is 10.0. The van der Waals surface area contributed by atoms with Crippen molar-refractivity contribution in [1.82, 2.24) is 15.2 Å². The van der Waals surface area contributed by atoms with Crippen molar-refractivity contribution in [3.63, 3.8) is 0 Å². The summed E-state index contributed by atoms with van der Waals surface area (Å²) in [6.07, 6.45) is 9.66. The number of aromatic nitrogens is 1. The third-order valence-corrected chi connectivity index (χ3v) is 4.94. The van der Waals surface area contributed by atoms with E-state index in [1.165, 1.54) is 42.6 Å². The van der Waals surface area contributed by atoms with Gasteiger partial charge in [-0.2, -0.15) is 0 Å². The predicted octanol–water partition coefficient (Wildman–Crippen LogP) is 3.78. The number of nitrogens with zero attached hydrogens (tertiary/aromatic N) is 2. The fourth-order valence-corrected chi connectivity index (χ4v) is 3.39. The molecule has 0 amide bonds. The summed E-state index contributed by atoms with van der Waals surface area (Å²) >= 11 is 0. The van der Waals surface area contributed by atoms with E-state index in [4.69, 9.17) is 0 Å². The van der Waals surface area contributed by atoms with Crippen LogP contribution in [0.1, 0.15) is 30.9 Å². The minimum Gasteiger partial charge on any atom is -0.310 e. The zero-order valence-electron chi connectivity index (χ0n) is 15.2. The molecule has 1 aromatic heterocycles. The van der Waals surface area contributed by atoms with Gasteiger partial charge in [0, 0.05) is 31.5 Å². The highest BCUT2D eigenvalue weighted by atomic mass is 15.1. The van der Waals surface area contributed by atoms with Crippen LogP contribution in [0, 0.1) is 0 Å². The smallest absolute Gasteiger partial charge is 0.0270 e. The second kappa shape index (κ2) is 9.50. The van der Waals surface area contributed by atoms with Gasteiger partial charge in [0.1, 0.15) is 0 Å². The molecular weight excluding hydrogens is 306 g/mol. The fourth-order valence-electron chi connectivity index (χ4n) is 3.39. The summed E-state index contributed by atoms with van der Waals surface area (Å²) in [7, 11) is 0. The van der Waals surface area contributed by atoms with E-state index in [2.05, 4.69) is 70.7 Å². The first kappa shape index (κ1) is 17.8. The molecule has 1 saturated heterocycles. The Morgan fingerprint density at radius 1 is 1.12 bits per heavy atom. The summed E-state index contributed by atoms with van der Waals surface area (Å²) in [4.78, 5) is 6.67. The second-order valence-corrected chi connectivity index (χ2v) is 7.00. The summed E-state index contributed by atoms with van der Waals surface area (Å²) in [6.45, 7) is 6.75. The Kier molecular flexibility index (Phi) is 6.78. The summed E-state index contributed by atoms with van der Waals surface area (Å²) in [5.41, 5.74) is 4.07. The average Bonchev–Trinajstić information content (AvgIpc) is 2.67. The van der Waals surface area contributed by atoms with Gasteiger partial charge in [-0.1, -0.05) is 42.0 Å². The van der Waals surface area contributed by atoms with E-state index in [0.29, 0.717) is 6.04 Å². The van der Waals surface area contributed by atoms with Gasteiger partial charge in [-0.15, -0.1) is 0 Å². The van der Waals surface area contributed by atoms with Crippen molar-refractivity contribution in [1.29, 1.82) is 0 Å². The van der Waals surface area contributed by atoms with Gasteiger partial charge < -0.3 is 10.2 Å². The quantitative estimate of drug-likeness (QED) is 0.834. The number of benzene rings is 1. The van der Waals surface area contributed by atoms with Crippen LogP contribution >= 0.6 is 0 Å². The molecule has 3 heteroatoms. The first-order chi connectivity index (χ1) is 12.3. The van der Waals surface area contributed by atoms with Gasteiger partial charge in [-0.25, -0.2) is 0 Å². The first-order valence-electron chi connectivity index (χ1n) is 9.36. The van der Waals surface area contributed by atoms with E-state index < -0.39 is 0 Å². The fraction of sp³-hybridized carbons (Fsp3) is 0.409. The molecule has 0 radical (unpaired) electrons. The first-order valence-corrected chi connectivity index (χ1v) is 9.36. The minimum absolute atomic E-state index is 0.649.